The molecule has 2 atom stereocenters. The number of rotatable bonds is 6. The number of nitrogens with two attached hydrogens (primary N) is 2. The standard InChI is InChI=1S/C13H25N3O2/c1-10(6-7-14)4-5-12(17)16-8-2-3-11(9-16)13(15)18/h10-11H,2-9,14H2,1H3,(H2,15,18). The molecule has 0 aliphatic carbocycles. The molecule has 1 rings (SSSR count). The van der Waals surface area contributed by atoms with Crippen molar-refractivity contribution in [2.75, 3.05) is 19.6 Å². The fourth-order valence-electron chi connectivity index (χ4n) is 2.39. The van der Waals surface area contributed by atoms with Crippen molar-refractivity contribution in [1.29, 1.82) is 0 Å². The van der Waals surface area contributed by atoms with Gasteiger partial charge in [-0.05, 0) is 38.1 Å². The molecule has 1 saturated heterocycles. The van der Waals surface area contributed by atoms with Gasteiger partial charge in [0.05, 0.1) is 5.92 Å². The average Bonchev–Trinajstić information content (AvgIpc) is 2.36. The molecule has 0 spiro atoms. The Morgan fingerprint density at radius 3 is 2.72 bits per heavy atom. The lowest BCUT2D eigenvalue weighted by atomic mass is 9.96. The van der Waals surface area contributed by atoms with E-state index >= 15 is 0 Å². The first-order valence-corrected chi connectivity index (χ1v) is 6.81. The number of hydrogen-bond donors (Lipinski definition) is 2. The maximum atomic E-state index is 12.0. The third kappa shape index (κ3) is 4.64. The molecule has 1 aliphatic rings. The largest absolute Gasteiger partial charge is 0.369 e. The highest BCUT2D eigenvalue weighted by Gasteiger charge is 2.26. The Bertz CT molecular complexity index is 294. The van der Waals surface area contributed by atoms with Gasteiger partial charge in [-0.1, -0.05) is 6.92 Å². The first-order chi connectivity index (χ1) is 8.54. The molecule has 0 aromatic rings. The zero-order chi connectivity index (χ0) is 13.5. The first-order valence-electron chi connectivity index (χ1n) is 6.81. The summed E-state index contributed by atoms with van der Waals surface area (Å²) >= 11 is 0. The third-order valence-corrected chi connectivity index (χ3v) is 3.69. The molecule has 5 heteroatoms. The molecular formula is C13H25N3O2. The van der Waals surface area contributed by atoms with Crippen molar-refractivity contribution in [2.45, 2.75) is 39.0 Å². The highest BCUT2D eigenvalue weighted by atomic mass is 16.2. The van der Waals surface area contributed by atoms with Crippen LogP contribution >= 0.6 is 0 Å². The SMILES string of the molecule is CC(CCN)CCC(=O)N1CCCC(C(N)=O)C1. The molecule has 1 aliphatic heterocycles. The van der Waals surface area contributed by atoms with Gasteiger partial charge in [0.2, 0.25) is 11.8 Å². The Labute approximate surface area is 109 Å². The topological polar surface area (TPSA) is 89.4 Å². The van der Waals surface area contributed by atoms with E-state index in [1.54, 1.807) is 4.90 Å². The van der Waals surface area contributed by atoms with E-state index in [1.165, 1.54) is 0 Å². The van der Waals surface area contributed by atoms with Gasteiger partial charge < -0.3 is 16.4 Å². The molecule has 1 fully saturated rings. The monoisotopic (exact) mass is 255 g/mol. The molecule has 0 bridgehead atoms. The summed E-state index contributed by atoms with van der Waals surface area (Å²) in [6.07, 6.45) is 4.05. The zero-order valence-corrected chi connectivity index (χ0v) is 11.2. The minimum absolute atomic E-state index is 0.143. The number of carbonyl (C=O) groups is 2. The van der Waals surface area contributed by atoms with Gasteiger partial charge in [-0.15, -0.1) is 0 Å². The molecular weight excluding hydrogens is 230 g/mol. The van der Waals surface area contributed by atoms with Crippen LogP contribution < -0.4 is 11.5 Å². The predicted molar refractivity (Wildman–Crippen MR) is 70.6 cm³/mol. The fraction of sp³-hybridized carbons (Fsp3) is 0.846. The van der Waals surface area contributed by atoms with Crippen molar-refractivity contribution in [3.05, 3.63) is 0 Å². The summed E-state index contributed by atoms with van der Waals surface area (Å²) in [6, 6.07) is 0. The molecule has 18 heavy (non-hydrogen) atoms. The Morgan fingerprint density at radius 1 is 1.39 bits per heavy atom. The van der Waals surface area contributed by atoms with Crippen LogP contribution in [0.25, 0.3) is 0 Å². The van der Waals surface area contributed by atoms with Gasteiger partial charge in [-0.3, -0.25) is 9.59 Å². The number of amides is 2. The van der Waals surface area contributed by atoms with Crippen LogP contribution in [0.15, 0.2) is 0 Å². The van der Waals surface area contributed by atoms with Gasteiger partial charge in [0.1, 0.15) is 0 Å². The number of primary amides is 1. The lowest BCUT2D eigenvalue weighted by Crippen LogP contribution is -2.44. The Balaban J connectivity index is 2.34. The van der Waals surface area contributed by atoms with Gasteiger partial charge in [-0.2, -0.15) is 0 Å². The second-order valence-electron chi connectivity index (χ2n) is 5.30. The van der Waals surface area contributed by atoms with E-state index in [2.05, 4.69) is 6.92 Å². The van der Waals surface area contributed by atoms with E-state index in [-0.39, 0.29) is 17.7 Å². The lowest BCUT2D eigenvalue weighted by Gasteiger charge is -2.31. The number of piperidine rings is 1. The number of carbonyl (C=O) groups excluding carboxylic acids is 2. The van der Waals surface area contributed by atoms with Crippen LogP contribution in [0.4, 0.5) is 0 Å². The molecule has 0 aromatic carbocycles. The molecule has 0 aromatic heterocycles. The quantitative estimate of drug-likeness (QED) is 0.723. The summed E-state index contributed by atoms with van der Waals surface area (Å²) in [4.78, 5) is 24.9. The molecule has 104 valence electrons. The summed E-state index contributed by atoms with van der Waals surface area (Å²) in [6.45, 7) is 4.04. The highest BCUT2D eigenvalue weighted by Crippen LogP contribution is 2.18. The van der Waals surface area contributed by atoms with Crippen LogP contribution in [0.5, 0.6) is 0 Å². The summed E-state index contributed by atoms with van der Waals surface area (Å²) < 4.78 is 0. The first kappa shape index (κ1) is 15.0. The van der Waals surface area contributed by atoms with Crippen LogP contribution in [-0.2, 0) is 9.59 Å². The number of hydrogen-bond acceptors (Lipinski definition) is 3. The maximum Gasteiger partial charge on any atom is 0.222 e. The van der Waals surface area contributed by atoms with Crippen molar-refractivity contribution in [3.8, 4) is 0 Å². The molecule has 2 unspecified atom stereocenters. The fourth-order valence-corrected chi connectivity index (χ4v) is 2.39. The van der Waals surface area contributed by atoms with Crippen molar-refractivity contribution in [3.63, 3.8) is 0 Å². The number of nitrogens with zero attached hydrogens (tertiary/aromatic N) is 1. The Morgan fingerprint density at radius 2 is 2.11 bits per heavy atom. The van der Waals surface area contributed by atoms with Gasteiger partial charge in [-0.25, -0.2) is 0 Å². The minimum Gasteiger partial charge on any atom is -0.369 e. The van der Waals surface area contributed by atoms with Crippen LogP contribution in [0, 0.1) is 11.8 Å². The highest BCUT2D eigenvalue weighted by molar-refractivity contribution is 5.80. The van der Waals surface area contributed by atoms with Crippen molar-refractivity contribution < 1.29 is 9.59 Å². The maximum absolute atomic E-state index is 12.0. The molecule has 4 N–H and O–H groups in total. The smallest absolute Gasteiger partial charge is 0.222 e. The zero-order valence-electron chi connectivity index (χ0n) is 11.2. The Hall–Kier alpha value is -1.10. The van der Waals surface area contributed by atoms with E-state index in [9.17, 15) is 9.59 Å². The molecule has 2 amide bonds. The van der Waals surface area contributed by atoms with Crippen LogP contribution in [-0.4, -0.2) is 36.3 Å². The van der Waals surface area contributed by atoms with E-state index in [0.717, 1.165) is 32.2 Å². The van der Waals surface area contributed by atoms with Crippen LogP contribution in [0.2, 0.25) is 0 Å². The summed E-state index contributed by atoms with van der Waals surface area (Å²) in [5.41, 5.74) is 10.8. The molecule has 5 nitrogen and oxygen atoms in total. The normalized spacial score (nSPS) is 21.7. The van der Waals surface area contributed by atoms with E-state index in [4.69, 9.17) is 11.5 Å². The average molecular weight is 255 g/mol. The molecule has 1 heterocycles. The van der Waals surface area contributed by atoms with Gasteiger partial charge in [0.15, 0.2) is 0 Å². The van der Waals surface area contributed by atoms with Crippen molar-refractivity contribution in [1.82, 2.24) is 4.90 Å². The van der Waals surface area contributed by atoms with Crippen LogP contribution in [0.3, 0.4) is 0 Å². The lowest BCUT2D eigenvalue weighted by molar-refractivity contribution is -0.135. The summed E-state index contributed by atoms with van der Waals surface area (Å²) in [5, 5.41) is 0. The second-order valence-corrected chi connectivity index (χ2v) is 5.30. The van der Waals surface area contributed by atoms with E-state index < -0.39 is 0 Å². The minimum atomic E-state index is -0.288. The van der Waals surface area contributed by atoms with Crippen LogP contribution in [0.1, 0.15) is 39.0 Å². The molecule has 0 radical (unpaired) electrons. The van der Waals surface area contributed by atoms with Crippen molar-refractivity contribution >= 4 is 11.8 Å². The third-order valence-electron chi connectivity index (χ3n) is 3.69. The van der Waals surface area contributed by atoms with Gasteiger partial charge in [0.25, 0.3) is 0 Å². The number of likely N-dealkylation sites (tertiary alicyclic amines) is 1. The van der Waals surface area contributed by atoms with Crippen molar-refractivity contribution in [2.24, 2.45) is 23.3 Å². The van der Waals surface area contributed by atoms with E-state index in [0.29, 0.717) is 25.4 Å². The molecule has 0 saturated carbocycles. The summed E-state index contributed by atoms with van der Waals surface area (Å²) in [5.74, 6) is 0.175. The second kappa shape index (κ2) is 7.36. The van der Waals surface area contributed by atoms with E-state index in [1.807, 2.05) is 0 Å². The summed E-state index contributed by atoms with van der Waals surface area (Å²) in [7, 11) is 0. The van der Waals surface area contributed by atoms with Gasteiger partial charge >= 0.3 is 0 Å². The Kier molecular flexibility index (Phi) is 6.12. The van der Waals surface area contributed by atoms with Gasteiger partial charge in [0, 0.05) is 19.5 Å². The predicted octanol–water partition coefficient (Wildman–Crippen LogP) is 0.475.